The van der Waals surface area contributed by atoms with Crippen molar-refractivity contribution in [1.29, 1.82) is 0 Å². The van der Waals surface area contributed by atoms with E-state index >= 15 is 0 Å². The molecule has 0 bridgehead atoms. The number of para-hydroxylation sites is 2. The molecule has 0 aliphatic heterocycles. The summed E-state index contributed by atoms with van der Waals surface area (Å²) in [6, 6.07) is 54.9. The van der Waals surface area contributed by atoms with E-state index in [1.54, 1.807) is 0 Å². The molecule has 5 heteroatoms. The summed E-state index contributed by atoms with van der Waals surface area (Å²) in [4.78, 5) is 7.15. The van der Waals surface area contributed by atoms with Gasteiger partial charge in [-0.2, -0.15) is 0 Å². The highest BCUT2D eigenvalue weighted by Crippen LogP contribution is 2.45. The Kier molecular flexibility index (Phi) is 6.01. The van der Waals surface area contributed by atoms with E-state index in [0.717, 1.165) is 66.8 Å². The van der Waals surface area contributed by atoms with Crippen LogP contribution in [0.25, 0.3) is 75.8 Å². The average Bonchev–Trinajstić information content (AvgIpc) is 3.86. The Balaban J connectivity index is 1.10. The molecule has 3 aromatic heterocycles. The molecule has 48 heavy (non-hydrogen) atoms. The van der Waals surface area contributed by atoms with Crippen LogP contribution in [0.2, 0.25) is 0 Å². The molecule has 0 spiro atoms. The zero-order valence-corrected chi connectivity index (χ0v) is 26.4. The fraction of sp³-hybridized carbons (Fsp3) is 0. The summed E-state index contributed by atoms with van der Waals surface area (Å²) < 4.78 is 15.5. The van der Waals surface area contributed by atoms with E-state index in [1.807, 2.05) is 53.8 Å². The van der Waals surface area contributed by atoms with Crippen LogP contribution in [0.1, 0.15) is 0 Å². The van der Waals surface area contributed by atoms with Gasteiger partial charge in [-0.05, 0) is 66.2 Å². The van der Waals surface area contributed by atoms with Gasteiger partial charge >= 0.3 is 0 Å². The van der Waals surface area contributed by atoms with Crippen LogP contribution < -0.4 is 4.90 Å². The molecule has 4 nitrogen and oxygen atoms in total. The number of benzene rings is 7. The van der Waals surface area contributed by atoms with Crippen LogP contribution in [0.4, 0.5) is 17.1 Å². The molecular weight excluding hydrogens is 609 g/mol. The quantitative estimate of drug-likeness (QED) is 0.189. The van der Waals surface area contributed by atoms with Crippen molar-refractivity contribution in [3.63, 3.8) is 0 Å². The molecule has 3 heterocycles. The third-order valence-corrected chi connectivity index (χ3v) is 10.3. The third-order valence-electron chi connectivity index (χ3n) is 9.11. The Labute approximate surface area is 279 Å². The predicted octanol–water partition coefficient (Wildman–Crippen LogP) is 12.9. The number of hydrogen-bond donors (Lipinski definition) is 0. The Hall–Kier alpha value is -6.17. The van der Waals surface area contributed by atoms with Crippen LogP contribution in [0, 0.1) is 0 Å². The lowest BCUT2D eigenvalue weighted by Crippen LogP contribution is -2.09. The molecule has 0 atom stereocenters. The van der Waals surface area contributed by atoms with Gasteiger partial charge in [0.1, 0.15) is 16.7 Å². The second kappa shape index (κ2) is 10.7. The molecule has 226 valence electrons. The maximum atomic E-state index is 6.56. The summed E-state index contributed by atoms with van der Waals surface area (Å²) in [5.74, 6) is 0.605. The second-order valence-electron chi connectivity index (χ2n) is 11.9. The van der Waals surface area contributed by atoms with Crippen LogP contribution in [-0.2, 0) is 0 Å². The molecule has 0 unspecified atom stereocenters. The number of oxazole rings is 1. The minimum absolute atomic E-state index is 0.605. The van der Waals surface area contributed by atoms with Crippen molar-refractivity contribution in [1.82, 2.24) is 4.98 Å². The van der Waals surface area contributed by atoms with Crippen LogP contribution in [-0.4, -0.2) is 4.98 Å². The van der Waals surface area contributed by atoms with Crippen molar-refractivity contribution >= 4 is 81.6 Å². The summed E-state index contributed by atoms with van der Waals surface area (Å²) in [5, 5.41) is 4.53. The van der Waals surface area contributed by atoms with E-state index in [0.29, 0.717) is 5.89 Å². The van der Waals surface area contributed by atoms with Gasteiger partial charge in [0.2, 0.25) is 5.89 Å². The molecule has 0 N–H and O–H groups in total. The molecule has 0 saturated carbocycles. The van der Waals surface area contributed by atoms with E-state index in [-0.39, 0.29) is 0 Å². The molecular formula is C43H26N2O2S. The Morgan fingerprint density at radius 2 is 1.21 bits per heavy atom. The Morgan fingerprint density at radius 3 is 2.06 bits per heavy atom. The average molecular weight is 635 g/mol. The highest BCUT2D eigenvalue weighted by molar-refractivity contribution is 7.26. The third kappa shape index (κ3) is 4.18. The fourth-order valence-corrected chi connectivity index (χ4v) is 8.11. The Morgan fingerprint density at radius 1 is 0.500 bits per heavy atom. The van der Waals surface area contributed by atoms with Gasteiger partial charge in [0.25, 0.3) is 0 Å². The van der Waals surface area contributed by atoms with Gasteiger partial charge < -0.3 is 13.7 Å². The predicted molar refractivity (Wildman–Crippen MR) is 200 cm³/mol. The van der Waals surface area contributed by atoms with Crippen molar-refractivity contribution in [2.24, 2.45) is 0 Å². The summed E-state index contributed by atoms with van der Waals surface area (Å²) in [6.45, 7) is 0. The first-order valence-corrected chi connectivity index (χ1v) is 16.8. The molecule has 0 aliphatic rings. The lowest BCUT2D eigenvalue weighted by Gasteiger charge is -2.26. The van der Waals surface area contributed by atoms with Crippen LogP contribution in [0.5, 0.6) is 0 Å². The smallest absolute Gasteiger partial charge is 0.227 e. The second-order valence-corrected chi connectivity index (χ2v) is 13.0. The van der Waals surface area contributed by atoms with Gasteiger partial charge in [-0.3, -0.25) is 0 Å². The van der Waals surface area contributed by atoms with Crippen molar-refractivity contribution in [3.05, 3.63) is 158 Å². The maximum Gasteiger partial charge on any atom is 0.227 e. The van der Waals surface area contributed by atoms with E-state index < -0.39 is 0 Å². The first kappa shape index (κ1) is 27.0. The monoisotopic (exact) mass is 634 g/mol. The van der Waals surface area contributed by atoms with E-state index in [1.165, 1.54) is 20.2 Å². The van der Waals surface area contributed by atoms with Gasteiger partial charge in [-0.25, -0.2) is 4.98 Å². The van der Waals surface area contributed by atoms with Gasteiger partial charge in [-0.15, -0.1) is 11.3 Å². The van der Waals surface area contributed by atoms with Crippen LogP contribution >= 0.6 is 11.3 Å². The topological polar surface area (TPSA) is 42.4 Å². The lowest BCUT2D eigenvalue weighted by atomic mass is 10.0. The lowest BCUT2D eigenvalue weighted by molar-refractivity contribution is 0.622. The highest BCUT2D eigenvalue weighted by atomic mass is 32.1. The first-order chi connectivity index (χ1) is 23.8. The largest absolute Gasteiger partial charge is 0.455 e. The van der Waals surface area contributed by atoms with Crippen LogP contribution in [0.15, 0.2) is 167 Å². The van der Waals surface area contributed by atoms with Crippen molar-refractivity contribution in [2.45, 2.75) is 0 Å². The number of fused-ring (bicyclic) bond motifs is 8. The number of anilines is 3. The van der Waals surface area contributed by atoms with Gasteiger partial charge in [0.05, 0.1) is 15.8 Å². The molecule has 0 fully saturated rings. The summed E-state index contributed by atoms with van der Waals surface area (Å²) >= 11 is 1.84. The minimum Gasteiger partial charge on any atom is -0.455 e. The molecule has 10 aromatic rings. The molecule has 0 radical (unpaired) electrons. The maximum absolute atomic E-state index is 6.56. The van der Waals surface area contributed by atoms with Gasteiger partial charge in [0.15, 0.2) is 5.58 Å². The summed E-state index contributed by atoms with van der Waals surface area (Å²) in [6.07, 6.45) is 0. The number of rotatable bonds is 5. The molecule has 10 rings (SSSR count). The summed E-state index contributed by atoms with van der Waals surface area (Å²) in [7, 11) is 0. The molecule has 7 aromatic carbocycles. The fourth-order valence-electron chi connectivity index (χ4n) is 6.90. The first-order valence-electron chi connectivity index (χ1n) is 16.0. The Bertz CT molecular complexity index is 2780. The minimum atomic E-state index is 0.605. The van der Waals surface area contributed by atoms with E-state index in [4.69, 9.17) is 13.8 Å². The standard InChI is InChI=1S/C43H26N2O2S/c1-3-11-28(12-4-1)43-44-35-25-26-37-39(41(35)47-43)34-18-9-16-31(40(34)46-37)27-21-23-30(24-22-27)45(29-13-5-2-6-14-29)36-19-10-17-33-32-15-7-8-20-38(32)48-42(33)36/h1-26H. The SMILES string of the molecule is c1ccc(-c2nc3ccc4oc5c(-c6ccc(N(c7ccccc7)c7cccc8c7sc7ccccc78)cc6)cccc5c4c3o2)cc1. The highest BCUT2D eigenvalue weighted by Gasteiger charge is 2.20. The van der Waals surface area contributed by atoms with Crippen LogP contribution in [0.3, 0.4) is 0 Å². The zero-order valence-electron chi connectivity index (χ0n) is 25.6. The number of hydrogen-bond acceptors (Lipinski definition) is 5. The number of furan rings is 1. The van der Waals surface area contributed by atoms with Gasteiger partial charge in [-0.1, -0.05) is 97.1 Å². The summed E-state index contributed by atoms with van der Waals surface area (Å²) in [5.41, 5.74) is 9.59. The normalized spacial score (nSPS) is 11.8. The van der Waals surface area contributed by atoms with Gasteiger partial charge in [0, 0.05) is 43.4 Å². The van der Waals surface area contributed by atoms with Crippen molar-refractivity contribution in [2.75, 3.05) is 4.90 Å². The molecule has 0 aliphatic carbocycles. The molecule has 0 saturated heterocycles. The van der Waals surface area contributed by atoms with Crippen molar-refractivity contribution < 1.29 is 8.83 Å². The number of aromatic nitrogens is 1. The van der Waals surface area contributed by atoms with E-state index in [2.05, 4.69) is 120 Å². The molecule has 0 amide bonds. The van der Waals surface area contributed by atoms with E-state index in [9.17, 15) is 0 Å². The zero-order chi connectivity index (χ0) is 31.6. The number of nitrogens with zero attached hydrogens (tertiary/aromatic N) is 2. The number of thiophene rings is 1. The van der Waals surface area contributed by atoms with Crippen molar-refractivity contribution in [3.8, 4) is 22.6 Å².